The molecule has 6 nitrogen and oxygen atoms in total. The van der Waals surface area contributed by atoms with Crippen molar-refractivity contribution in [2.24, 2.45) is 0 Å². The Morgan fingerprint density at radius 2 is 1.88 bits per heavy atom. The first-order valence-corrected chi connectivity index (χ1v) is 8.28. The molecule has 0 radical (unpaired) electrons. The number of nitrogens with one attached hydrogen (secondary N) is 1. The third-order valence-corrected chi connectivity index (χ3v) is 4.55. The smallest absolute Gasteiger partial charge is 0.255 e. The summed E-state index contributed by atoms with van der Waals surface area (Å²) < 4.78 is 0. The summed E-state index contributed by atoms with van der Waals surface area (Å²) in [6, 6.07) is 13.0. The van der Waals surface area contributed by atoms with E-state index in [2.05, 4.69) is 20.9 Å². The number of benzene rings is 1. The van der Waals surface area contributed by atoms with E-state index in [4.69, 9.17) is 0 Å². The Hall–Kier alpha value is -3.15. The van der Waals surface area contributed by atoms with E-state index in [0.29, 0.717) is 18.7 Å². The van der Waals surface area contributed by atoms with E-state index < -0.39 is 0 Å². The number of rotatable bonds is 2. The summed E-state index contributed by atoms with van der Waals surface area (Å²) in [6.07, 6.45) is 3.28. The Bertz CT molecular complexity index is 960. The van der Waals surface area contributed by atoms with E-state index in [0.717, 1.165) is 29.7 Å². The number of H-pyrrole nitrogens is 1. The highest BCUT2D eigenvalue weighted by Crippen LogP contribution is 2.21. The standard InChI is InChI=1S/C19H18N4O2/c24-18-6-3-14-12-16(4-5-17(14)21-18)22-8-10-23(11-9-22)19(25)15-2-1-7-20-13-15/h1-7,12-13H,8-11H2,(H,21,24). The first-order valence-electron chi connectivity index (χ1n) is 8.28. The van der Waals surface area contributed by atoms with Crippen molar-refractivity contribution in [3.05, 3.63) is 70.8 Å². The van der Waals surface area contributed by atoms with Crippen LogP contribution in [0.3, 0.4) is 0 Å². The minimum absolute atomic E-state index is 0.0313. The van der Waals surface area contributed by atoms with Crippen LogP contribution in [0.5, 0.6) is 0 Å². The maximum atomic E-state index is 12.5. The Morgan fingerprint density at radius 1 is 1.04 bits per heavy atom. The molecule has 0 spiro atoms. The van der Waals surface area contributed by atoms with E-state index in [1.807, 2.05) is 23.1 Å². The lowest BCUT2D eigenvalue weighted by Crippen LogP contribution is -2.48. The number of piperazine rings is 1. The van der Waals surface area contributed by atoms with Gasteiger partial charge in [-0.1, -0.05) is 0 Å². The van der Waals surface area contributed by atoms with Crippen LogP contribution in [0.2, 0.25) is 0 Å². The van der Waals surface area contributed by atoms with Gasteiger partial charge in [0.1, 0.15) is 0 Å². The fourth-order valence-electron chi connectivity index (χ4n) is 3.18. The van der Waals surface area contributed by atoms with Crippen molar-refractivity contribution in [2.45, 2.75) is 0 Å². The molecule has 1 N–H and O–H groups in total. The lowest BCUT2D eigenvalue weighted by molar-refractivity contribution is 0.0746. The number of amides is 1. The average Bonchev–Trinajstić information content (AvgIpc) is 2.68. The number of hydrogen-bond acceptors (Lipinski definition) is 4. The molecule has 3 heterocycles. The van der Waals surface area contributed by atoms with E-state index in [9.17, 15) is 9.59 Å². The number of carbonyl (C=O) groups is 1. The number of anilines is 1. The minimum Gasteiger partial charge on any atom is -0.368 e. The number of nitrogens with zero attached hydrogens (tertiary/aromatic N) is 3. The van der Waals surface area contributed by atoms with E-state index in [1.54, 1.807) is 24.5 Å². The normalized spacial score (nSPS) is 14.7. The van der Waals surface area contributed by atoms with Crippen molar-refractivity contribution in [3.63, 3.8) is 0 Å². The molecule has 0 atom stereocenters. The van der Waals surface area contributed by atoms with Crippen LogP contribution in [0.1, 0.15) is 10.4 Å². The second-order valence-corrected chi connectivity index (χ2v) is 6.12. The largest absolute Gasteiger partial charge is 0.368 e. The molecule has 1 aromatic carbocycles. The molecule has 3 aromatic rings. The van der Waals surface area contributed by atoms with Crippen molar-refractivity contribution in [1.29, 1.82) is 0 Å². The summed E-state index contributed by atoms with van der Waals surface area (Å²) in [7, 11) is 0. The molecule has 0 unspecified atom stereocenters. The molecular weight excluding hydrogens is 316 g/mol. The van der Waals surface area contributed by atoms with Crippen LogP contribution in [-0.4, -0.2) is 47.0 Å². The summed E-state index contributed by atoms with van der Waals surface area (Å²) in [6.45, 7) is 2.91. The number of aromatic nitrogens is 2. The van der Waals surface area contributed by atoms with Gasteiger partial charge in [-0.05, 0) is 36.4 Å². The van der Waals surface area contributed by atoms with Crippen molar-refractivity contribution >= 4 is 22.5 Å². The lowest BCUT2D eigenvalue weighted by Gasteiger charge is -2.36. The Balaban J connectivity index is 1.47. The summed E-state index contributed by atoms with van der Waals surface area (Å²) >= 11 is 0. The molecular formula is C19H18N4O2. The zero-order chi connectivity index (χ0) is 17.2. The molecule has 0 saturated carbocycles. The Morgan fingerprint density at radius 3 is 2.64 bits per heavy atom. The second kappa shape index (κ2) is 6.39. The third kappa shape index (κ3) is 3.10. The molecule has 0 aliphatic carbocycles. The monoisotopic (exact) mass is 334 g/mol. The summed E-state index contributed by atoms with van der Waals surface area (Å²) in [5, 5.41) is 1.01. The Kier molecular flexibility index (Phi) is 3.93. The van der Waals surface area contributed by atoms with Crippen LogP contribution in [0.4, 0.5) is 5.69 Å². The van der Waals surface area contributed by atoms with Crippen LogP contribution in [-0.2, 0) is 0 Å². The van der Waals surface area contributed by atoms with Crippen molar-refractivity contribution in [2.75, 3.05) is 31.1 Å². The highest BCUT2D eigenvalue weighted by atomic mass is 16.2. The van der Waals surface area contributed by atoms with E-state index >= 15 is 0 Å². The second-order valence-electron chi connectivity index (χ2n) is 6.12. The van der Waals surface area contributed by atoms with Crippen molar-refractivity contribution in [3.8, 4) is 0 Å². The molecule has 1 amide bonds. The number of fused-ring (bicyclic) bond motifs is 1. The molecule has 6 heteroatoms. The third-order valence-electron chi connectivity index (χ3n) is 4.55. The zero-order valence-electron chi connectivity index (χ0n) is 13.7. The number of carbonyl (C=O) groups excluding carboxylic acids is 1. The molecule has 1 saturated heterocycles. The average molecular weight is 334 g/mol. The van der Waals surface area contributed by atoms with Crippen LogP contribution in [0, 0.1) is 0 Å². The minimum atomic E-state index is -0.0946. The topological polar surface area (TPSA) is 69.3 Å². The van der Waals surface area contributed by atoms with Gasteiger partial charge in [0.05, 0.1) is 5.56 Å². The molecule has 2 aromatic heterocycles. The molecule has 25 heavy (non-hydrogen) atoms. The van der Waals surface area contributed by atoms with E-state index in [-0.39, 0.29) is 11.5 Å². The SMILES string of the molecule is O=C(c1cccnc1)N1CCN(c2ccc3[nH]c(=O)ccc3c2)CC1. The fraction of sp³-hybridized carbons (Fsp3) is 0.211. The first-order chi connectivity index (χ1) is 12.2. The highest BCUT2D eigenvalue weighted by Gasteiger charge is 2.22. The van der Waals surface area contributed by atoms with Gasteiger partial charge in [0.15, 0.2) is 0 Å². The molecule has 126 valence electrons. The molecule has 1 aliphatic rings. The van der Waals surface area contributed by atoms with Gasteiger partial charge in [-0.15, -0.1) is 0 Å². The molecule has 1 fully saturated rings. The number of hydrogen-bond donors (Lipinski definition) is 1. The summed E-state index contributed by atoms with van der Waals surface area (Å²) in [4.78, 5) is 34.8. The van der Waals surface area contributed by atoms with Crippen molar-refractivity contribution < 1.29 is 4.79 Å². The van der Waals surface area contributed by atoms with Gasteiger partial charge in [-0.2, -0.15) is 0 Å². The van der Waals surface area contributed by atoms with Crippen LogP contribution in [0.25, 0.3) is 10.9 Å². The Labute approximate surface area is 144 Å². The first kappa shape index (κ1) is 15.4. The van der Waals surface area contributed by atoms with Gasteiger partial charge in [0.25, 0.3) is 5.91 Å². The van der Waals surface area contributed by atoms with Crippen LogP contribution >= 0.6 is 0 Å². The van der Waals surface area contributed by atoms with Gasteiger partial charge >= 0.3 is 0 Å². The van der Waals surface area contributed by atoms with Crippen LogP contribution < -0.4 is 10.5 Å². The fourth-order valence-corrected chi connectivity index (χ4v) is 3.18. The lowest BCUT2D eigenvalue weighted by atomic mass is 10.1. The molecule has 4 rings (SSSR count). The molecule has 0 bridgehead atoms. The van der Waals surface area contributed by atoms with Gasteiger partial charge < -0.3 is 14.8 Å². The van der Waals surface area contributed by atoms with Crippen molar-refractivity contribution in [1.82, 2.24) is 14.9 Å². The molecule has 1 aliphatic heterocycles. The van der Waals surface area contributed by atoms with Gasteiger partial charge in [0.2, 0.25) is 5.56 Å². The summed E-state index contributed by atoms with van der Waals surface area (Å²) in [5.41, 5.74) is 2.48. The maximum Gasteiger partial charge on any atom is 0.255 e. The zero-order valence-corrected chi connectivity index (χ0v) is 13.7. The number of pyridine rings is 2. The number of aromatic amines is 1. The predicted molar refractivity (Wildman–Crippen MR) is 96.9 cm³/mol. The van der Waals surface area contributed by atoms with Crippen LogP contribution in [0.15, 0.2) is 59.7 Å². The van der Waals surface area contributed by atoms with Gasteiger partial charge in [-0.3, -0.25) is 14.6 Å². The van der Waals surface area contributed by atoms with E-state index in [1.165, 1.54) is 6.07 Å². The highest BCUT2D eigenvalue weighted by molar-refractivity contribution is 5.94. The van der Waals surface area contributed by atoms with Gasteiger partial charge in [0, 0.05) is 61.2 Å². The van der Waals surface area contributed by atoms with Gasteiger partial charge in [-0.25, -0.2) is 0 Å². The predicted octanol–water partition coefficient (Wildman–Crippen LogP) is 1.89. The maximum absolute atomic E-state index is 12.5. The summed E-state index contributed by atoms with van der Waals surface area (Å²) in [5.74, 6) is 0.0313. The quantitative estimate of drug-likeness (QED) is 0.777.